The summed E-state index contributed by atoms with van der Waals surface area (Å²) in [6.45, 7) is 0.408. The fourth-order valence-electron chi connectivity index (χ4n) is 2.15. The molecule has 0 aliphatic heterocycles. The topological polar surface area (TPSA) is 60.5 Å². The van der Waals surface area contributed by atoms with Crippen LogP contribution in [0.2, 0.25) is 0 Å². The van der Waals surface area contributed by atoms with Crippen LogP contribution in [0.5, 0.6) is 11.5 Å². The van der Waals surface area contributed by atoms with Gasteiger partial charge in [0.2, 0.25) is 0 Å². The molecule has 2 aromatic carbocycles. The van der Waals surface area contributed by atoms with Crippen LogP contribution in [0.15, 0.2) is 77.4 Å². The van der Waals surface area contributed by atoms with E-state index in [0.29, 0.717) is 18.2 Å². The van der Waals surface area contributed by atoms with Gasteiger partial charge in [-0.25, -0.2) is 4.98 Å². The summed E-state index contributed by atoms with van der Waals surface area (Å²) >= 11 is 3.29. The van der Waals surface area contributed by atoms with Gasteiger partial charge >= 0.3 is 0 Å². The first kappa shape index (κ1) is 17.9. The molecule has 0 aliphatic carbocycles. The van der Waals surface area contributed by atoms with Gasteiger partial charge in [0.15, 0.2) is 6.61 Å². The number of hydrogen-bond acceptors (Lipinski definition) is 4. The Morgan fingerprint density at radius 2 is 1.62 bits per heavy atom. The van der Waals surface area contributed by atoms with Crippen molar-refractivity contribution in [2.75, 3.05) is 11.9 Å². The van der Waals surface area contributed by atoms with Gasteiger partial charge in [0.25, 0.3) is 5.91 Å². The summed E-state index contributed by atoms with van der Waals surface area (Å²) in [5.74, 6) is 1.54. The summed E-state index contributed by atoms with van der Waals surface area (Å²) < 4.78 is 12.0. The van der Waals surface area contributed by atoms with Crippen LogP contribution < -0.4 is 14.8 Å². The van der Waals surface area contributed by atoms with Crippen LogP contribution in [-0.2, 0) is 11.4 Å². The molecule has 0 unspecified atom stereocenters. The molecule has 0 saturated heterocycles. The van der Waals surface area contributed by atoms with E-state index in [-0.39, 0.29) is 12.5 Å². The highest BCUT2D eigenvalue weighted by Crippen LogP contribution is 2.19. The number of amides is 1. The van der Waals surface area contributed by atoms with E-state index < -0.39 is 0 Å². The van der Waals surface area contributed by atoms with Crippen LogP contribution in [0.3, 0.4) is 0 Å². The standard InChI is InChI=1S/C20H17BrN2O3/c21-16-6-11-19(22-12-16)23-20(24)14-26-18-9-7-17(8-10-18)25-13-15-4-2-1-3-5-15/h1-12H,13-14H2,(H,22,23,24). The highest BCUT2D eigenvalue weighted by molar-refractivity contribution is 9.10. The molecule has 0 spiro atoms. The van der Waals surface area contributed by atoms with Crippen molar-refractivity contribution in [3.63, 3.8) is 0 Å². The molecule has 3 aromatic rings. The Balaban J connectivity index is 1.45. The maximum atomic E-state index is 11.9. The van der Waals surface area contributed by atoms with Gasteiger partial charge in [-0.2, -0.15) is 0 Å². The van der Waals surface area contributed by atoms with Crippen molar-refractivity contribution in [2.24, 2.45) is 0 Å². The maximum Gasteiger partial charge on any atom is 0.263 e. The van der Waals surface area contributed by atoms with Gasteiger partial charge in [-0.1, -0.05) is 30.3 Å². The molecular weight excluding hydrogens is 396 g/mol. The number of nitrogens with zero attached hydrogens (tertiary/aromatic N) is 1. The van der Waals surface area contributed by atoms with Crippen molar-refractivity contribution in [2.45, 2.75) is 6.61 Å². The van der Waals surface area contributed by atoms with Gasteiger partial charge in [0, 0.05) is 10.7 Å². The number of aromatic nitrogens is 1. The number of rotatable bonds is 7. The Hall–Kier alpha value is -2.86. The van der Waals surface area contributed by atoms with E-state index in [1.54, 1.807) is 30.5 Å². The third kappa shape index (κ3) is 5.60. The molecule has 1 amide bonds. The molecule has 6 heteroatoms. The Morgan fingerprint density at radius 3 is 2.27 bits per heavy atom. The van der Waals surface area contributed by atoms with E-state index in [2.05, 4.69) is 26.2 Å². The number of pyridine rings is 1. The van der Waals surface area contributed by atoms with E-state index in [9.17, 15) is 4.79 Å². The predicted molar refractivity (Wildman–Crippen MR) is 103 cm³/mol. The minimum Gasteiger partial charge on any atom is -0.489 e. The third-order valence-electron chi connectivity index (χ3n) is 3.44. The number of halogens is 1. The summed E-state index contributed by atoms with van der Waals surface area (Å²) in [6.07, 6.45) is 1.62. The second-order valence-electron chi connectivity index (χ2n) is 5.44. The summed E-state index contributed by atoms with van der Waals surface area (Å²) in [5, 5.41) is 2.67. The molecule has 3 rings (SSSR count). The van der Waals surface area contributed by atoms with Crippen LogP contribution in [0.4, 0.5) is 5.82 Å². The van der Waals surface area contributed by atoms with Crippen LogP contribution in [0, 0.1) is 0 Å². The van der Waals surface area contributed by atoms with E-state index in [0.717, 1.165) is 15.8 Å². The first-order valence-corrected chi connectivity index (χ1v) is 8.79. The van der Waals surface area contributed by atoms with Gasteiger partial charge in [-0.15, -0.1) is 0 Å². The molecule has 0 saturated carbocycles. The van der Waals surface area contributed by atoms with Crippen molar-refractivity contribution in [3.05, 3.63) is 83.0 Å². The summed E-state index contributed by atoms with van der Waals surface area (Å²) in [5.41, 5.74) is 1.10. The molecule has 0 bridgehead atoms. The lowest BCUT2D eigenvalue weighted by Gasteiger charge is -2.09. The van der Waals surface area contributed by atoms with Gasteiger partial charge in [0.1, 0.15) is 23.9 Å². The summed E-state index contributed by atoms with van der Waals surface area (Å²) in [4.78, 5) is 16.0. The fourth-order valence-corrected chi connectivity index (χ4v) is 2.39. The van der Waals surface area contributed by atoms with Crippen molar-refractivity contribution < 1.29 is 14.3 Å². The molecule has 0 atom stereocenters. The lowest BCUT2D eigenvalue weighted by Crippen LogP contribution is -2.20. The van der Waals surface area contributed by atoms with Crippen LogP contribution in [0.25, 0.3) is 0 Å². The van der Waals surface area contributed by atoms with Crippen molar-refractivity contribution in [3.8, 4) is 11.5 Å². The second kappa shape index (κ2) is 9.01. The van der Waals surface area contributed by atoms with E-state index in [4.69, 9.17) is 9.47 Å². The average Bonchev–Trinajstić information content (AvgIpc) is 2.68. The third-order valence-corrected chi connectivity index (χ3v) is 3.91. The summed E-state index contributed by atoms with van der Waals surface area (Å²) in [6, 6.07) is 20.6. The van der Waals surface area contributed by atoms with Crippen molar-refractivity contribution in [1.29, 1.82) is 0 Å². The number of anilines is 1. The summed E-state index contributed by atoms with van der Waals surface area (Å²) in [7, 11) is 0. The van der Waals surface area contributed by atoms with Gasteiger partial charge in [-0.3, -0.25) is 4.79 Å². The predicted octanol–water partition coefficient (Wildman–Crippen LogP) is 4.44. The molecule has 132 valence electrons. The molecule has 0 aliphatic rings. The fraction of sp³-hybridized carbons (Fsp3) is 0.100. The van der Waals surface area contributed by atoms with E-state index in [1.807, 2.05) is 42.5 Å². The van der Waals surface area contributed by atoms with E-state index >= 15 is 0 Å². The normalized spacial score (nSPS) is 10.2. The zero-order chi connectivity index (χ0) is 18.2. The number of benzene rings is 2. The second-order valence-corrected chi connectivity index (χ2v) is 6.36. The monoisotopic (exact) mass is 412 g/mol. The SMILES string of the molecule is O=C(COc1ccc(OCc2ccccc2)cc1)Nc1ccc(Br)cn1. The molecule has 0 radical (unpaired) electrons. The highest BCUT2D eigenvalue weighted by Gasteiger charge is 2.05. The largest absolute Gasteiger partial charge is 0.489 e. The molecule has 1 N–H and O–H groups in total. The lowest BCUT2D eigenvalue weighted by atomic mass is 10.2. The Kier molecular flexibility index (Phi) is 6.22. The Labute approximate surface area is 160 Å². The van der Waals surface area contributed by atoms with Gasteiger partial charge in [0.05, 0.1) is 0 Å². The van der Waals surface area contributed by atoms with Crippen molar-refractivity contribution in [1.82, 2.24) is 4.98 Å². The highest BCUT2D eigenvalue weighted by atomic mass is 79.9. The smallest absolute Gasteiger partial charge is 0.263 e. The number of carbonyl (C=O) groups excluding carboxylic acids is 1. The number of carbonyl (C=O) groups is 1. The maximum absolute atomic E-state index is 11.9. The number of ether oxygens (including phenoxy) is 2. The first-order valence-electron chi connectivity index (χ1n) is 8.00. The average molecular weight is 413 g/mol. The van der Waals surface area contributed by atoms with Crippen LogP contribution in [0.1, 0.15) is 5.56 Å². The molecule has 1 aromatic heterocycles. The minimum absolute atomic E-state index is 0.0953. The number of hydrogen-bond donors (Lipinski definition) is 1. The van der Waals surface area contributed by atoms with Gasteiger partial charge in [-0.05, 0) is 57.9 Å². The van der Waals surface area contributed by atoms with Crippen LogP contribution >= 0.6 is 15.9 Å². The molecule has 26 heavy (non-hydrogen) atoms. The van der Waals surface area contributed by atoms with Crippen molar-refractivity contribution >= 4 is 27.7 Å². The van der Waals surface area contributed by atoms with Gasteiger partial charge < -0.3 is 14.8 Å². The zero-order valence-corrected chi connectivity index (χ0v) is 15.5. The first-order chi connectivity index (χ1) is 12.7. The minimum atomic E-state index is -0.274. The van der Waals surface area contributed by atoms with E-state index in [1.165, 1.54) is 0 Å². The number of nitrogens with one attached hydrogen (secondary N) is 1. The quantitative estimate of drug-likeness (QED) is 0.622. The molecule has 1 heterocycles. The molecule has 5 nitrogen and oxygen atoms in total. The Bertz CT molecular complexity index is 837. The molecule has 0 fully saturated rings. The lowest BCUT2D eigenvalue weighted by molar-refractivity contribution is -0.118. The Morgan fingerprint density at radius 1 is 0.923 bits per heavy atom. The van der Waals surface area contributed by atoms with Crippen LogP contribution in [-0.4, -0.2) is 17.5 Å². The zero-order valence-electron chi connectivity index (χ0n) is 13.9. The molecular formula is C20H17BrN2O3.